The Bertz CT molecular complexity index is 257. The molecule has 19 heavy (non-hydrogen) atoms. The highest BCUT2D eigenvalue weighted by Gasteiger charge is 2.09. The van der Waals surface area contributed by atoms with Gasteiger partial charge in [0.25, 0.3) is 0 Å². The van der Waals surface area contributed by atoms with Gasteiger partial charge in [-0.3, -0.25) is 9.59 Å². The molecule has 1 atom stereocenters. The summed E-state index contributed by atoms with van der Waals surface area (Å²) in [6, 6.07) is 0. The van der Waals surface area contributed by atoms with Gasteiger partial charge >= 0.3 is 5.97 Å². The Labute approximate surface area is 115 Å². The van der Waals surface area contributed by atoms with Crippen molar-refractivity contribution in [3.63, 3.8) is 0 Å². The summed E-state index contributed by atoms with van der Waals surface area (Å²) >= 11 is 0. The summed E-state index contributed by atoms with van der Waals surface area (Å²) in [5.74, 6) is -0.277. The van der Waals surface area contributed by atoms with Gasteiger partial charge in [-0.1, -0.05) is 19.8 Å². The summed E-state index contributed by atoms with van der Waals surface area (Å²) in [7, 11) is 0. The molecule has 0 rings (SSSR count). The summed E-state index contributed by atoms with van der Waals surface area (Å²) in [5, 5.41) is 11.5. The number of nitrogens with one attached hydrogen (secondary N) is 1. The molecule has 0 radical (unpaired) electrons. The number of hydrogen-bond donors (Lipinski definition) is 3. The van der Waals surface area contributed by atoms with Gasteiger partial charge in [0.05, 0.1) is 0 Å². The number of nitrogens with two attached hydrogens (primary N) is 1. The summed E-state index contributed by atoms with van der Waals surface area (Å²) in [6.07, 6.45) is 6.15. The van der Waals surface area contributed by atoms with Gasteiger partial charge in [-0.2, -0.15) is 0 Å². The van der Waals surface area contributed by atoms with Crippen LogP contribution in [0.25, 0.3) is 0 Å². The molecule has 0 aliphatic carbocycles. The Kier molecular flexibility index (Phi) is 11.3. The summed E-state index contributed by atoms with van der Waals surface area (Å²) in [5.41, 5.74) is 5.38. The maximum atomic E-state index is 11.5. The highest BCUT2D eigenvalue weighted by atomic mass is 16.4. The molecule has 0 aromatic rings. The van der Waals surface area contributed by atoms with E-state index in [1.54, 1.807) is 0 Å². The molecular weight excluding hydrogens is 244 g/mol. The smallest absolute Gasteiger partial charge is 0.303 e. The standard InChI is InChI=1S/C14H28N2O3/c1-2-12(7-8-14(18)19)9-11-16-13(17)6-4-3-5-10-15/h12H,2-11,15H2,1H3,(H,16,17)(H,18,19). The molecule has 0 aromatic carbocycles. The fourth-order valence-corrected chi connectivity index (χ4v) is 1.99. The van der Waals surface area contributed by atoms with Crippen LogP contribution in [-0.4, -0.2) is 30.1 Å². The molecule has 0 heterocycles. The van der Waals surface area contributed by atoms with E-state index in [1.807, 2.05) is 0 Å². The third-order valence-corrected chi connectivity index (χ3v) is 3.33. The fraction of sp³-hybridized carbons (Fsp3) is 0.857. The van der Waals surface area contributed by atoms with E-state index in [4.69, 9.17) is 10.8 Å². The van der Waals surface area contributed by atoms with E-state index >= 15 is 0 Å². The van der Waals surface area contributed by atoms with Crippen LogP contribution in [-0.2, 0) is 9.59 Å². The molecule has 0 saturated heterocycles. The lowest BCUT2D eigenvalue weighted by Gasteiger charge is -2.14. The lowest BCUT2D eigenvalue weighted by molar-refractivity contribution is -0.137. The number of carboxylic acid groups (broad SMARTS) is 1. The molecule has 112 valence electrons. The molecule has 0 saturated carbocycles. The number of unbranched alkanes of at least 4 members (excludes halogenated alkanes) is 2. The van der Waals surface area contributed by atoms with Crippen LogP contribution in [0.3, 0.4) is 0 Å². The van der Waals surface area contributed by atoms with Crippen LogP contribution in [0, 0.1) is 5.92 Å². The normalized spacial score (nSPS) is 12.1. The van der Waals surface area contributed by atoms with E-state index in [0.717, 1.165) is 32.1 Å². The van der Waals surface area contributed by atoms with E-state index < -0.39 is 5.97 Å². The second-order valence-corrected chi connectivity index (χ2v) is 4.94. The quantitative estimate of drug-likeness (QED) is 0.473. The minimum Gasteiger partial charge on any atom is -0.481 e. The first-order chi connectivity index (χ1) is 9.10. The van der Waals surface area contributed by atoms with E-state index in [-0.39, 0.29) is 12.3 Å². The van der Waals surface area contributed by atoms with Crippen LogP contribution in [0.1, 0.15) is 58.3 Å². The Morgan fingerprint density at radius 1 is 1.16 bits per heavy atom. The van der Waals surface area contributed by atoms with Crippen molar-refractivity contribution in [3.05, 3.63) is 0 Å². The molecule has 4 N–H and O–H groups in total. The molecular formula is C14H28N2O3. The number of hydrogen-bond acceptors (Lipinski definition) is 3. The van der Waals surface area contributed by atoms with Crippen molar-refractivity contribution in [1.82, 2.24) is 5.32 Å². The maximum Gasteiger partial charge on any atom is 0.303 e. The zero-order chi connectivity index (χ0) is 14.5. The van der Waals surface area contributed by atoms with Gasteiger partial charge in [-0.25, -0.2) is 0 Å². The Morgan fingerprint density at radius 3 is 2.47 bits per heavy atom. The molecule has 1 amide bonds. The molecule has 5 heteroatoms. The lowest BCUT2D eigenvalue weighted by Crippen LogP contribution is -2.25. The van der Waals surface area contributed by atoms with Gasteiger partial charge in [0.1, 0.15) is 0 Å². The van der Waals surface area contributed by atoms with Crippen molar-refractivity contribution in [2.24, 2.45) is 11.7 Å². The van der Waals surface area contributed by atoms with Crippen LogP contribution in [0.5, 0.6) is 0 Å². The van der Waals surface area contributed by atoms with Crippen LogP contribution in [0.2, 0.25) is 0 Å². The van der Waals surface area contributed by atoms with E-state index in [0.29, 0.717) is 31.8 Å². The van der Waals surface area contributed by atoms with Crippen molar-refractivity contribution in [3.8, 4) is 0 Å². The zero-order valence-electron chi connectivity index (χ0n) is 12.0. The lowest BCUT2D eigenvalue weighted by atomic mass is 9.96. The molecule has 0 aliphatic rings. The maximum absolute atomic E-state index is 11.5. The number of carboxylic acids is 1. The van der Waals surface area contributed by atoms with Gasteiger partial charge in [-0.05, 0) is 38.1 Å². The Morgan fingerprint density at radius 2 is 1.89 bits per heavy atom. The Hall–Kier alpha value is -1.10. The first-order valence-electron chi connectivity index (χ1n) is 7.28. The Balaban J connectivity index is 3.57. The van der Waals surface area contributed by atoms with Gasteiger partial charge in [0, 0.05) is 19.4 Å². The van der Waals surface area contributed by atoms with Crippen molar-refractivity contribution in [2.45, 2.75) is 58.3 Å². The number of aliphatic carboxylic acids is 1. The van der Waals surface area contributed by atoms with E-state index in [1.165, 1.54) is 0 Å². The van der Waals surface area contributed by atoms with Crippen LogP contribution >= 0.6 is 0 Å². The third kappa shape index (κ3) is 11.7. The third-order valence-electron chi connectivity index (χ3n) is 3.33. The van der Waals surface area contributed by atoms with Gasteiger partial charge in [0.2, 0.25) is 5.91 Å². The van der Waals surface area contributed by atoms with Gasteiger partial charge < -0.3 is 16.2 Å². The van der Waals surface area contributed by atoms with Crippen LogP contribution in [0.4, 0.5) is 0 Å². The average Bonchev–Trinajstić information content (AvgIpc) is 2.38. The summed E-state index contributed by atoms with van der Waals surface area (Å²) in [6.45, 7) is 3.39. The first kappa shape index (κ1) is 17.9. The highest BCUT2D eigenvalue weighted by molar-refractivity contribution is 5.75. The molecule has 0 bridgehead atoms. The molecule has 1 unspecified atom stereocenters. The van der Waals surface area contributed by atoms with Crippen molar-refractivity contribution >= 4 is 11.9 Å². The van der Waals surface area contributed by atoms with Gasteiger partial charge in [0.15, 0.2) is 0 Å². The number of carbonyl (C=O) groups excluding carboxylic acids is 1. The predicted octanol–water partition coefficient (Wildman–Crippen LogP) is 1.90. The van der Waals surface area contributed by atoms with E-state index in [9.17, 15) is 9.59 Å². The number of rotatable bonds is 12. The zero-order valence-corrected chi connectivity index (χ0v) is 12.0. The largest absolute Gasteiger partial charge is 0.481 e. The molecule has 0 spiro atoms. The summed E-state index contributed by atoms with van der Waals surface area (Å²) < 4.78 is 0. The molecule has 0 aliphatic heterocycles. The fourth-order valence-electron chi connectivity index (χ4n) is 1.99. The van der Waals surface area contributed by atoms with Crippen molar-refractivity contribution in [2.75, 3.05) is 13.1 Å². The molecule has 0 aromatic heterocycles. The second-order valence-electron chi connectivity index (χ2n) is 4.94. The van der Waals surface area contributed by atoms with E-state index in [2.05, 4.69) is 12.2 Å². The number of amides is 1. The number of carbonyl (C=O) groups is 2. The van der Waals surface area contributed by atoms with Crippen LogP contribution in [0.15, 0.2) is 0 Å². The summed E-state index contributed by atoms with van der Waals surface area (Å²) in [4.78, 5) is 22.0. The minimum absolute atomic E-state index is 0.0881. The molecule has 0 fully saturated rings. The van der Waals surface area contributed by atoms with Crippen molar-refractivity contribution in [1.29, 1.82) is 0 Å². The topological polar surface area (TPSA) is 92.4 Å². The minimum atomic E-state index is -0.748. The van der Waals surface area contributed by atoms with Crippen molar-refractivity contribution < 1.29 is 14.7 Å². The average molecular weight is 272 g/mol. The first-order valence-corrected chi connectivity index (χ1v) is 7.28. The molecule has 5 nitrogen and oxygen atoms in total. The second kappa shape index (κ2) is 12.0. The monoisotopic (exact) mass is 272 g/mol. The SMILES string of the molecule is CCC(CCNC(=O)CCCCCN)CCC(=O)O. The van der Waals surface area contributed by atoms with Crippen LogP contribution < -0.4 is 11.1 Å². The predicted molar refractivity (Wildman–Crippen MR) is 75.8 cm³/mol. The highest BCUT2D eigenvalue weighted by Crippen LogP contribution is 2.14. The van der Waals surface area contributed by atoms with Gasteiger partial charge in [-0.15, -0.1) is 0 Å².